The fraction of sp³-hybridized carbons (Fsp3) is 0.600. The smallest absolute Gasteiger partial charge is 0.162 e. The van der Waals surface area contributed by atoms with Crippen molar-refractivity contribution in [3.63, 3.8) is 0 Å². The summed E-state index contributed by atoms with van der Waals surface area (Å²) >= 11 is 0. The molecule has 3 nitrogen and oxygen atoms in total. The van der Waals surface area contributed by atoms with Crippen molar-refractivity contribution in [2.24, 2.45) is 5.92 Å². The highest BCUT2D eigenvalue weighted by Crippen LogP contribution is 2.29. The number of hydrogen-bond donors (Lipinski definition) is 2. The average molecular weight is 251 g/mol. The molecule has 0 saturated heterocycles. The third kappa shape index (κ3) is 3.91. The van der Waals surface area contributed by atoms with Gasteiger partial charge in [-0.15, -0.1) is 0 Å². The van der Waals surface area contributed by atoms with Crippen LogP contribution in [-0.2, 0) is 6.54 Å². The third-order valence-corrected chi connectivity index (χ3v) is 3.18. The van der Waals surface area contributed by atoms with Crippen molar-refractivity contribution in [2.75, 3.05) is 6.61 Å². The van der Waals surface area contributed by atoms with E-state index in [0.717, 1.165) is 12.0 Å². The number of para-hydroxylation sites is 1. The maximum Gasteiger partial charge on any atom is 0.162 e. The van der Waals surface area contributed by atoms with Crippen LogP contribution in [0.1, 0.15) is 39.7 Å². The molecule has 1 unspecified atom stereocenters. The number of aromatic hydroxyl groups is 1. The fourth-order valence-electron chi connectivity index (χ4n) is 2.07. The molecule has 1 aromatic carbocycles. The molecule has 1 rings (SSSR count). The molecule has 0 heterocycles. The Morgan fingerprint density at radius 3 is 2.56 bits per heavy atom. The fourth-order valence-corrected chi connectivity index (χ4v) is 2.07. The lowest BCUT2D eigenvalue weighted by atomic mass is 10.0. The second-order valence-electron chi connectivity index (χ2n) is 4.84. The molecule has 0 amide bonds. The van der Waals surface area contributed by atoms with Gasteiger partial charge in [0.05, 0.1) is 6.61 Å². The van der Waals surface area contributed by atoms with Gasteiger partial charge < -0.3 is 15.2 Å². The minimum Gasteiger partial charge on any atom is -0.504 e. The molecule has 0 spiro atoms. The lowest BCUT2D eigenvalue weighted by Gasteiger charge is -2.21. The average Bonchev–Trinajstić information content (AvgIpc) is 2.34. The lowest BCUT2D eigenvalue weighted by Crippen LogP contribution is -2.32. The molecule has 1 atom stereocenters. The predicted octanol–water partition coefficient (Wildman–Crippen LogP) is 3.32. The van der Waals surface area contributed by atoms with E-state index >= 15 is 0 Å². The quantitative estimate of drug-likeness (QED) is 0.781. The minimum atomic E-state index is 0.255. The maximum atomic E-state index is 10.1. The van der Waals surface area contributed by atoms with Gasteiger partial charge in [0.2, 0.25) is 0 Å². The van der Waals surface area contributed by atoms with Gasteiger partial charge in [-0.1, -0.05) is 32.9 Å². The molecule has 0 fully saturated rings. The summed E-state index contributed by atoms with van der Waals surface area (Å²) in [5.74, 6) is 1.41. The molecule has 102 valence electrons. The van der Waals surface area contributed by atoms with Gasteiger partial charge in [0.25, 0.3) is 0 Å². The number of phenolic OH excluding ortho intramolecular Hbond substituents is 1. The predicted molar refractivity (Wildman–Crippen MR) is 75.0 cm³/mol. The van der Waals surface area contributed by atoms with Crippen LogP contribution in [0.5, 0.6) is 11.5 Å². The van der Waals surface area contributed by atoms with Crippen LogP contribution in [0.2, 0.25) is 0 Å². The molecule has 18 heavy (non-hydrogen) atoms. The first-order valence-corrected chi connectivity index (χ1v) is 6.77. The zero-order chi connectivity index (χ0) is 13.5. The van der Waals surface area contributed by atoms with Crippen molar-refractivity contribution < 1.29 is 9.84 Å². The summed E-state index contributed by atoms with van der Waals surface area (Å²) in [6.07, 6.45) is 1.09. The second kappa shape index (κ2) is 7.27. The molecule has 1 aromatic rings. The van der Waals surface area contributed by atoms with Crippen LogP contribution in [0.15, 0.2) is 18.2 Å². The molecule has 0 aliphatic heterocycles. The van der Waals surface area contributed by atoms with Gasteiger partial charge in [-0.25, -0.2) is 0 Å². The molecule has 0 aromatic heterocycles. The first-order valence-electron chi connectivity index (χ1n) is 6.77. The van der Waals surface area contributed by atoms with E-state index in [-0.39, 0.29) is 5.75 Å². The molecule has 0 bridgehead atoms. The molecule has 0 aliphatic rings. The Morgan fingerprint density at radius 1 is 1.28 bits per heavy atom. The Labute approximate surface area is 110 Å². The normalized spacial score (nSPS) is 12.7. The first-order chi connectivity index (χ1) is 8.60. The highest BCUT2D eigenvalue weighted by atomic mass is 16.5. The summed E-state index contributed by atoms with van der Waals surface area (Å²) in [7, 11) is 0. The topological polar surface area (TPSA) is 41.5 Å². The van der Waals surface area contributed by atoms with Gasteiger partial charge in [0.15, 0.2) is 11.5 Å². The van der Waals surface area contributed by atoms with Crippen molar-refractivity contribution >= 4 is 0 Å². The standard InChI is InChI=1S/C15H25NO2/c1-5-13(11(3)4)16-10-12-8-7-9-14(15(12)17)18-6-2/h7-9,11,13,16-17H,5-6,10H2,1-4H3. The van der Waals surface area contributed by atoms with Crippen molar-refractivity contribution in [2.45, 2.75) is 46.7 Å². The molecule has 2 N–H and O–H groups in total. The van der Waals surface area contributed by atoms with Crippen LogP contribution in [0.3, 0.4) is 0 Å². The van der Waals surface area contributed by atoms with E-state index in [1.807, 2.05) is 19.1 Å². The van der Waals surface area contributed by atoms with Crippen LogP contribution in [0.4, 0.5) is 0 Å². The van der Waals surface area contributed by atoms with E-state index in [0.29, 0.717) is 30.9 Å². The molecule has 0 radical (unpaired) electrons. The van der Waals surface area contributed by atoms with Crippen LogP contribution in [0.25, 0.3) is 0 Å². The third-order valence-electron chi connectivity index (χ3n) is 3.18. The van der Waals surface area contributed by atoms with Crippen molar-refractivity contribution in [1.82, 2.24) is 5.32 Å². The van der Waals surface area contributed by atoms with Crippen LogP contribution in [-0.4, -0.2) is 17.8 Å². The molecule has 3 heteroatoms. The van der Waals surface area contributed by atoms with E-state index in [1.165, 1.54) is 0 Å². The van der Waals surface area contributed by atoms with Gasteiger partial charge in [-0.3, -0.25) is 0 Å². The maximum absolute atomic E-state index is 10.1. The summed E-state index contributed by atoms with van der Waals surface area (Å²) < 4.78 is 5.38. The van der Waals surface area contributed by atoms with Gasteiger partial charge in [-0.2, -0.15) is 0 Å². The summed E-state index contributed by atoms with van der Waals surface area (Å²) in [4.78, 5) is 0. The van der Waals surface area contributed by atoms with E-state index in [2.05, 4.69) is 26.1 Å². The Kier molecular flexibility index (Phi) is 5.99. The summed E-state index contributed by atoms with van der Waals surface area (Å²) in [6.45, 7) is 9.73. The van der Waals surface area contributed by atoms with Crippen LogP contribution >= 0.6 is 0 Å². The highest BCUT2D eigenvalue weighted by Gasteiger charge is 2.12. The molecular weight excluding hydrogens is 226 g/mol. The largest absolute Gasteiger partial charge is 0.504 e. The second-order valence-corrected chi connectivity index (χ2v) is 4.84. The highest BCUT2D eigenvalue weighted by molar-refractivity contribution is 5.45. The molecule has 0 saturated carbocycles. The number of benzene rings is 1. The number of phenols is 1. The van der Waals surface area contributed by atoms with Crippen LogP contribution in [0, 0.1) is 5.92 Å². The van der Waals surface area contributed by atoms with Crippen molar-refractivity contribution in [3.05, 3.63) is 23.8 Å². The Bertz CT molecular complexity index is 364. The van der Waals surface area contributed by atoms with E-state index in [9.17, 15) is 5.11 Å². The Balaban J connectivity index is 2.70. The van der Waals surface area contributed by atoms with Crippen molar-refractivity contribution in [1.29, 1.82) is 0 Å². The Hall–Kier alpha value is -1.22. The SMILES string of the molecule is CCOc1cccc(CNC(CC)C(C)C)c1O. The van der Waals surface area contributed by atoms with E-state index in [1.54, 1.807) is 6.07 Å². The number of rotatable bonds is 7. The van der Waals surface area contributed by atoms with Gasteiger partial charge >= 0.3 is 0 Å². The number of nitrogens with one attached hydrogen (secondary N) is 1. The lowest BCUT2D eigenvalue weighted by molar-refractivity contribution is 0.315. The van der Waals surface area contributed by atoms with E-state index < -0.39 is 0 Å². The number of hydrogen-bond acceptors (Lipinski definition) is 3. The molecule has 0 aliphatic carbocycles. The first kappa shape index (κ1) is 14.8. The monoisotopic (exact) mass is 251 g/mol. The number of ether oxygens (including phenoxy) is 1. The van der Waals surface area contributed by atoms with Gasteiger partial charge in [0.1, 0.15) is 0 Å². The van der Waals surface area contributed by atoms with Crippen molar-refractivity contribution in [3.8, 4) is 11.5 Å². The Morgan fingerprint density at radius 2 is 2.00 bits per heavy atom. The summed E-state index contributed by atoms with van der Waals surface area (Å²) in [5, 5.41) is 13.6. The zero-order valence-corrected chi connectivity index (χ0v) is 11.9. The van der Waals surface area contributed by atoms with Gasteiger partial charge in [-0.05, 0) is 25.3 Å². The van der Waals surface area contributed by atoms with Gasteiger partial charge in [0, 0.05) is 18.2 Å². The zero-order valence-electron chi connectivity index (χ0n) is 11.9. The summed E-state index contributed by atoms with van der Waals surface area (Å²) in [6, 6.07) is 6.11. The van der Waals surface area contributed by atoms with E-state index in [4.69, 9.17) is 4.74 Å². The van der Waals surface area contributed by atoms with Crippen LogP contribution < -0.4 is 10.1 Å². The summed E-state index contributed by atoms with van der Waals surface area (Å²) in [5.41, 5.74) is 0.889. The minimum absolute atomic E-state index is 0.255. The molecular formula is C15H25NO2.